The number of anilines is 1. The number of fused-ring (bicyclic) bond motifs is 5. The van der Waals surface area contributed by atoms with Crippen molar-refractivity contribution in [1.29, 1.82) is 5.26 Å². The standard InChI is InChI=1S/C17H15IN2O4/c1-16-6-11(21)17(2,24-16)13-12(16)14(22)20(15(13)23)9-4-3-8(7-19)10(18)5-9/h3-5,11-13,21H,6H2,1-2H3/t11?,12-,13-,16?,17+/m1/s1. The molecule has 1 aromatic carbocycles. The van der Waals surface area contributed by atoms with E-state index in [0.29, 0.717) is 21.2 Å². The summed E-state index contributed by atoms with van der Waals surface area (Å²) in [6, 6.07) is 6.95. The molecular weight excluding hydrogens is 423 g/mol. The zero-order valence-corrected chi connectivity index (χ0v) is 15.3. The minimum atomic E-state index is -1.03. The van der Waals surface area contributed by atoms with Gasteiger partial charge in [0.2, 0.25) is 11.8 Å². The molecule has 4 rings (SSSR count). The average Bonchev–Trinajstić information content (AvgIpc) is 3.01. The van der Waals surface area contributed by atoms with Gasteiger partial charge in [-0.1, -0.05) is 0 Å². The van der Waals surface area contributed by atoms with E-state index in [2.05, 4.69) is 6.07 Å². The lowest BCUT2D eigenvalue weighted by atomic mass is 9.67. The first-order valence-corrected chi connectivity index (χ1v) is 8.76. The van der Waals surface area contributed by atoms with Gasteiger partial charge in [-0.2, -0.15) is 5.26 Å². The maximum absolute atomic E-state index is 13.0. The minimum Gasteiger partial charge on any atom is -0.390 e. The van der Waals surface area contributed by atoms with Gasteiger partial charge in [0.15, 0.2) is 0 Å². The van der Waals surface area contributed by atoms with Crippen LogP contribution in [0.4, 0.5) is 5.69 Å². The second-order valence-corrected chi connectivity index (χ2v) is 8.22. The average molecular weight is 438 g/mol. The van der Waals surface area contributed by atoms with Crippen LogP contribution in [0.2, 0.25) is 0 Å². The molecule has 3 aliphatic rings. The summed E-state index contributed by atoms with van der Waals surface area (Å²) < 4.78 is 6.63. The number of aliphatic hydroxyl groups excluding tert-OH is 1. The van der Waals surface area contributed by atoms with E-state index in [-0.39, 0.29) is 11.8 Å². The van der Waals surface area contributed by atoms with Crippen LogP contribution in [0.3, 0.4) is 0 Å². The number of ether oxygens (including phenoxy) is 1. The Balaban J connectivity index is 1.79. The summed E-state index contributed by atoms with van der Waals surface area (Å²) in [5, 5.41) is 19.4. The van der Waals surface area contributed by atoms with Crippen molar-refractivity contribution in [3.63, 3.8) is 0 Å². The number of hydrogen-bond acceptors (Lipinski definition) is 5. The van der Waals surface area contributed by atoms with E-state index in [0.717, 1.165) is 0 Å². The fourth-order valence-electron chi connectivity index (χ4n) is 4.51. The van der Waals surface area contributed by atoms with Gasteiger partial charge in [-0.25, -0.2) is 4.90 Å². The first kappa shape index (κ1) is 16.0. The number of rotatable bonds is 1. The smallest absolute Gasteiger partial charge is 0.240 e. The van der Waals surface area contributed by atoms with Crippen LogP contribution in [-0.2, 0) is 14.3 Å². The molecule has 5 atom stereocenters. The van der Waals surface area contributed by atoms with E-state index in [1.54, 1.807) is 32.0 Å². The normalized spacial score (nSPS) is 40.1. The first-order chi connectivity index (χ1) is 11.2. The monoisotopic (exact) mass is 438 g/mol. The quantitative estimate of drug-likeness (QED) is 0.531. The highest BCUT2D eigenvalue weighted by Crippen LogP contribution is 2.60. The number of amides is 2. The highest BCUT2D eigenvalue weighted by Gasteiger charge is 2.75. The number of carbonyl (C=O) groups excluding carboxylic acids is 2. The summed E-state index contributed by atoms with van der Waals surface area (Å²) in [5.41, 5.74) is -0.888. The van der Waals surface area contributed by atoms with Gasteiger partial charge in [-0.15, -0.1) is 0 Å². The fourth-order valence-corrected chi connectivity index (χ4v) is 5.13. The Morgan fingerprint density at radius 1 is 1.33 bits per heavy atom. The van der Waals surface area contributed by atoms with Crippen molar-refractivity contribution in [2.45, 2.75) is 37.6 Å². The lowest BCUT2D eigenvalue weighted by Crippen LogP contribution is -2.49. The molecule has 3 aliphatic heterocycles. The number of halogens is 1. The van der Waals surface area contributed by atoms with Gasteiger partial charge in [0.25, 0.3) is 0 Å². The third-order valence-corrected chi connectivity index (χ3v) is 6.52. The summed E-state index contributed by atoms with van der Waals surface area (Å²) in [6.07, 6.45) is -0.413. The van der Waals surface area contributed by atoms with E-state index < -0.39 is 29.1 Å². The van der Waals surface area contributed by atoms with Crippen molar-refractivity contribution in [2.24, 2.45) is 11.8 Å². The Morgan fingerprint density at radius 2 is 2.00 bits per heavy atom. The summed E-state index contributed by atoms with van der Waals surface area (Å²) >= 11 is 2.01. The Hall–Kier alpha value is -1.50. The van der Waals surface area contributed by atoms with Gasteiger partial charge in [0.1, 0.15) is 11.7 Å². The molecule has 0 aliphatic carbocycles. The number of nitrogens with zero attached hydrogens (tertiary/aromatic N) is 2. The number of hydrogen-bond donors (Lipinski definition) is 1. The van der Waals surface area contributed by atoms with E-state index in [1.165, 1.54) is 4.90 Å². The Kier molecular flexibility index (Phi) is 3.18. The van der Waals surface area contributed by atoms with Crippen molar-refractivity contribution < 1.29 is 19.4 Å². The fraction of sp³-hybridized carbons (Fsp3) is 0.471. The maximum atomic E-state index is 13.0. The molecule has 0 spiro atoms. The van der Waals surface area contributed by atoms with Crippen LogP contribution < -0.4 is 4.90 Å². The third kappa shape index (κ3) is 1.76. The van der Waals surface area contributed by atoms with Crippen molar-refractivity contribution in [3.8, 4) is 6.07 Å². The zero-order valence-electron chi connectivity index (χ0n) is 13.1. The molecule has 0 saturated carbocycles. The van der Waals surface area contributed by atoms with Crippen molar-refractivity contribution in [1.82, 2.24) is 0 Å². The summed E-state index contributed by atoms with van der Waals surface area (Å²) in [6.45, 7) is 3.51. The molecule has 2 unspecified atom stereocenters. The number of aliphatic hydroxyl groups is 1. The molecule has 7 heteroatoms. The lowest BCUT2D eigenvalue weighted by Gasteiger charge is -2.31. The molecule has 2 amide bonds. The highest BCUT2D eigenvalue weighted by molar-refractivity contribution is 14.1. The van der Waals surface area contributed by atoms with E-state index in [1.807, 2.05) is 22.6 Å². The number of carbonyl (C=O) groups is 2. The van der Waals surface area contributed by atoms with E-state index in [9.17, 15) is 14.7 Å². The zero-order chi connectivity index (χ0) is 17.4. The minimum absolute atomic E-state index is 0.288. The molecule has 3 saturated heterocycles. The molecule has 2 bridgehead atoms. The molecule has 1 aromatic rings. The lowest BCUT2D eigenvalue weighted by molar-refractivity contribution is -0.132. The Bertz CT molecular complexity index is 834. The van der Waals surface area contributed by atoms with Crippen molar-refractivity contribution in [2.75, 3.05) is 4.90 Å². The van der Waals surface area contributed by atoms with Crippen molar-refractivity contribution in [3.05, 3.63) is 27.3 Å². The molecule has 0 radical (unpaired) electrons. The van der Waals surface area contributed by atoms with Gasteiger partial charge in [-0.05, 0) is 54.6 Å². The third-order valence-electron chi connectivity index (χ3n) is 5.63. The van der Waals surface area contributed by atoms with Gasteiger partial charge in [0.05, 0.1) is 34.8 Å². The van der Waals surface area contributed by atoms with Crippen LogP contribution >= 0.6 is 22.6 Å². The molecule has 3 fully saturated rings. The number of imide groups is 1. The molecule has 124 valence electrons. The predicted molar refractivity (Wildman–Crippen MR) is 91.9 cm³/mol. The summed E-state index contributed by atoms with van der Waals surface area (Å²) in [4.78, 5) is 27.2. The molecule has 6 nitrogen and oxygen atoms in total. The molecule has 3 heterocycles. The van der Waals surface area contributed by atoms with Gasteiger partial charge < -0.3 is 9.84 Å². The molecule has 24 heavy (non-hydrogen) atoms. The van der Waals surface area contributed by atoms with Gasteiger partial charge in [0, 0.05) is 9.99 Å². The largest absolute Gasteiger partial charge is 0.390 e. The SMILES string of the molecule is CC12CC(O)[C@](C)(O1)[C@H]1C(=O)N(c3ccc(C#N)c(I)c3)C(=O)[C@@H]12. The second kappa shape index (κ2) is 4.77. The van der Waals surface area contributed by atoms with E-state index in [4.69, 9.17) is 10.00 Å². The number of benzene rings is 1. The van der Waals surface area contributed by atoms with Crippen LogP contribution in [-0.4, -0.2) is 34.2 Å². The van der Waals surface area contributed by atoms with Crippen LogP contribution in [0.1, 0.15) is 25.8 Å². The van der Waals surface area contributed by atoms with Crippen LogP contribution in [0.25, 0.3) is 0 Å². The Labute approximate surface area is 152 Å². The predicted octanol–water partition coefficient (Wildman–Crippen LogP) is 1.58. The summed E-state index contributed by atoms with van der Waals surface area (Å²) in [5.74, 6) is -1.88. The summed E-state index contributed by atoms with van der Waals surface area (Å²) in [7, 11) is 0. The molecular formula is C17H15IN2O4. The van der Waals surface area contributed by atoms with E-state index >= 15 is 0 Å². The highest BCUT2D eigenvalue weighted by atomic mass is 127. The van der Waals surface area contributed by atoms with Gasteiger partial charge >= 0.3 is 0 Å². The van der Waals surface area contributed by atoms with Crippen LogP contribution in [0.5, 0.6) is 0 Å². The maximum Gasteiger partial charge on any atom is 0.240 e. The topological polar surface area (TPSA) is 90.6 Å². The molecule has 0 aromatic heterocycles. The molecule has 1 N–H and O–H groups in total. The first-order valence-electron chi connectivity index (χ1n) is 7.68. The van der Waals surface area contributed by atoms with Crippen LogP contribution in [0.15, 0.2) is 18.2 Å². The van der Waals surface area contributed by atoms with Gasteiger partial charge in [-0.3, -0.25) is 9.59 Å². The second-order valence-electron chi connectivity index (χ2n) is 7.06. The van der Waals surface area contributed by atoms with Crippen LogP contribution in [0, 0.1) is 26.7 Å². The number of nitriles is 1. The van der Waals surface area contributed by atoms with Crippen molar-refractivity contribution >= 4 is 40.1 Å². The Morgan fingerprint density at radius 3 is 2.62 bits per heavy atom.